The van der Waals surface area contributed by atoms with E-state index < -0.39 is 8.38 Å². The smallest absolute Gasteiger partial charge is 0.296 e. The van der Waals surface area contributed by atoms with E-state index in [0.29, 0.717) is 23.4 Å². The summed E-state index contributed by atoms with van der Waals surface area (Å²) in [4.78, 5) is 0. The van der Waals surface area contributed by atoms with Crippen molar-refractivity contribution in [2.75, 3.05) is 6.16 Å². The van der Waals surface area contributed by atoms with Gasteiger partial charge in [-0.2, -0.15) is 0 Å². The standard InChI is InChI=1S/C20H17BrNO3P/c21-17-13-11-16(12-14-17)20(22-23)15-26(24-18-7-3-1-4-8-18)25-19-9-5-2-6-10-19/h1-14,23H,15H2. The van der Waals surface area contributed by atoms with E-state index in [1.54, 1.807) is 0 Å². The molecule has 3 rings (SSSR count). The molecule has 0 aromatic heterocycles. The van der Waals surface area contributed by atoms with E-state index in [4.69, 9.17) is 9.05 Å². The summed E-state index contributed by atoms with van der Waals surface area (Å²) in [6.45, 7) is 0. The first-order chi connectivity index (χ1) is 12.7. The first kappa shape index (κ1) is 18.4. The quantitative estimate of drug-likeness (QED) is 0.213. The summed E-state index contributed by atoms with van der Waals surface area (Å²) in [5.74, 6) is 1.42. The molecule has 0 spiro atoms. The average molecular weight is 430 g/mol. The predicted octanol–water partition coefficient (Wildman–Crippen LogP) is 6.10. The molecule has 0 fully saturated rings. The SMILES string of the molecule is ON=C(CP(Oc1ccccc1)Oc1ccccc1)c1ccc(Br)cc1. The molecule has 0 saturated heterocycles. The number of nitrogens with zero attached hydrogens (tertiary/aromatic N) is 1. The Balaban J connectivity index is 1.80. The molecular formula is C20H17BrNO3P. The van der Waals surface area contributed by atoms with Gasteiger partial charge < -0.3 is 14.3 Å². The number of hydrogen-bond donors (Lipinski definition) is 1. The second-order valence-corrected chi connectivity index (χ2v) is 7.62. The van der Waals surface area contributed by atoms with Gasteiger partial charge in [0.15, 0.2) is 0 Å². The monoisotopic (exact) mass is 429 g/mol. The van der Waals surface area contributed by atoms with Crippen molar-refractivity contribution < 1.29 is 14.3 Å². The van der Waals surface area contributed by atoms with Gasteiger partial charge in [-0.05, 0) is 42.0 Å². The normalized spacial score (nSPS) is 11.4. The highest BCUT2D eigenvalue weighted by Gasteiger charge is 2.20. The topological polar surface area (TPSA) is 51.1 Å². The van der Waals surface area contributed by atoms with Gasteiger partial charge >= 0.3 is 0 Å². The van der Waals surface area contributed by atoms with Gasteiger partial charge in [-0.1, -0.05) is 69.6 Å². The van der Waals surface area contributed by atoms with E-state index in [1.807, 2.05) is 84.9 Å². The summed E-state index contributed by atoms with van der Waals surface area (Å²) in [5, 5.41) is 13.0. The molecule has 6 heteroatoms. The molecule has 0 atom stereocenters. The van der Waals surface area contributed by atoms with E-state index in [-0.39, 0.29) is 0 Å². The number of oxime groups is 1. The maximum Gasteiger partial charge on any atom is 0.296 e. The van der Waals surface area contributed by atoms with Gasteiger partial charge in [0.2, 0.25) is 0 Å². The molecule has 26 heavy (non-hydrogen) atoms. The molecule has 0 aliphatic heterocycles. The molecule has 0 aliphatic rings. The summed E-state index contributed by atoms with van der Waals surface area (Å²) in [5.41, 5.74) is 1.33. The Labute approximate surface area is 162 Å². The Kier molecular flexibility index (Phi) is 6.64. The van der Waals surface area contributed by atoms with Crippen LogP contribution in [0.15, 0.2) is 94.6 Å². The van der Waals surface area contributed by atoms with E-state index >= 15 is 0 Å². The fourth-order valence-corrected chi connectivity index (χ4v) is 3.86. The van der Waals surface area contributed by atoms with Crippen LogP contribution in [0.5, 0.6) is 11.5 Å². The third kappa shape index (κ3) is 5.32. The Hall–Kier alpha value is -2.36. The predicted molar refractivity (Wildman–Crippen MR) is 108 cm³/mol. The van der Waals surface area contributed by atoms with Crippen molar-refractivity contribution >= 4 is 30.0 Å². The van der Waals surface area contributed by atoms with Crippen LogP contribution in [0.1, 0.15) is 5.56 Å². The molecule has 0 unspecified atom stereocenters. The van der Waals surface area contributed by atoms with Gasteiger partial charge in [0.05, 0.1) is 11.9 Å². The van der Waals surface area contributed by atoms with Gasteiger partial charge in [-0.25, -0.2) is 0 Å². The minimum absolute atomic E-state index is 0.344. The number of halogens is 1. The van der Waals surface area contributed by atoms with Crippen molar-refractivity contribution in [1.29, 1.82) is 0 Å². The van der Waals surface area contributed by atoms with E-state index in [2.05, 4.69) is 21.1 Å². The minimum atomic E-state index is -1.39. The summed E-state index contributed by atoms with van der Waals surface area (Å²) < 4.78 is 13.0. The summed E-state index contributed by atoms with van der Waals surface area (Å²) in [7, 11) is -1.39. The number of rotatable bonds is 7. The van der Waals surface area contributed by atoms with Crippen molar-refractivity contribution in [1.82, 2.24) is 0 Å². The van der Waals surface area contributed by atoms with Gasteiger partial charge in [-0.15, -0.1) is 0 Å². The van der Waals surface area contributed by atoms with E-state index in [1.165, 1.54) is 0 Å². The first-order valence-electron chi connectivity index (χ1n) is 7.95. The van der Waals surface area contributed by atoms with E-state index in [0.717, 1.165) is 10.0 Å². The molecular weight excluding hydrogens is 413 g/mol. The molecule has 0 saturated carbocycles. The molecule has 0 bridgehead atoms. The largest absolute Gasteiger partial charge is 0.438 e. The van der Waals surface area contributed by atoms with Crippen molar-refractivity contribution in [3.63, 3.8) is 0 Å². The summed E-state index contributed by atoms with van der Waals surface area (Å²) in [6, 6.07) is 26.5. The van der Waals surface area contributed by atoms with Crippen LogP contribution in [0.25, 0.3) is 0 Å². The van der Waals surface area contributed by atoms with Crippen molar-refractivity contribution in [3.05, 3.63) is 95.0 Å². The molecule has 4 nitrogen and oxygen atoms in total. The molecule has 0 amide bonds. The Morgan fingerprint density at radius 3 is 1.77 bits per heavy atom. The second kappa shape index (κ2) is 9.37. The summed E-state index contributed by atoms with van der Waals surface area (Å²) >= 11 is 3.41. The van der Waals surface area contributed by atoms with Crippen molar-refractivity contribution in [3.8, 4) is 11.5 Å². The highest BCUT2D eigenvalue weighted by atomic mass is 79.9. The van der Waals surface area contributed by atoms with E-state index in [9.17, 15) is 5.21 Å². The third-order valence-corrected chi connectivity index (χ3v) is 5.39. The zero-order chi connectivity index (χ0) is 18.2. The Bertz CT molecular complexity index is 800. The lowest BCUT2D eigenvalue weighted by Gasteiger charge is -2.19. The molecule has 0 radical (unpaired) electrons. The lowest BCUT2D eigenvalue weighted by atomic mass is 10.1. The second-order valence-electron chi connectivity index (χ2n) is 5.35. The lowest BCUT2D eigenvalue weighted by molar-refractivity contribution is 0.319. The van der Waals surface area contributed by atoms with Gasteiger partial charge in [0.25, 0.3) is 8.38 Å². The molecule has 3 aromatic carbocycles. The summed E-state index contributed by atoms with van der Waals surface area (Å²) in [6.07, 6.45) is 0.344. The van der Waals surface area contributed by atoms with Crippen LogP contribution in [0, 0.1) is 0 Å². The Morgan fingerprint density at radius 2 is 1.31 bits per heavy atom. The lowest BCUT2D eigenvalue weighted by Crippen LogP contribution is -2.11. The highest BCUT2D eigenvalue weighted by molar-refractivity contribution is 9.10. The molecule has 1 N–H and O–H groups in total. The van der Waals surface area contributed by atoms with Crippen LogP contribution < -0.4 is 9.05 Å². The van der Waals surface area contributed by atoms with Crippen LogP contribution >= 0.6 is 24.3 Å². The van der Waals surface area contributed by atoms with Gasteiger partial charge in [0, 0.05) is 4.47 Å². The minimum Gasteiger partial charge on any atom is -0.438 e. The third-order valence-electron chi connectivity index (χ3n) is 3.48. The number of hydrogen-bond acceptors (Lipinski definition) is 4. The van der Waals surface area contributed by atoms with Crippen LogP contribution in [0.4, 0.5) is 0 Å². The highest BCUT2D eigenvalue weighted by Crippen LogP contribution is 2.41. The maximum atomic E-state index is 9.51. The molecule has 0 aliphatic carbocycles. The molecule has 132 valence electrons. The van der Waals surface area contributed by atoms with Gasteiger partial charge in [0.1, 0.15) is 11.5 Å². The fourth-order valence-electron chi connectivity index (χ4n) is 2.23. The van der Waals surface area contributed by atoms with Crippen LogP contribution in [-0.4, -0.2) is 17.1 Å². The van der Waals surface area contributed by atoms with Crippen LogP contribution in [0.2, 0.25) is 0 Å². The van der Waals surface area contributed by atoms with Crippen LogP contribution in [0.3, 0.4) is 0 Å². The zero-order valence-electron chi connectivity index (χ0n) is 13.8. The first-order valence-corrected chi connectivity index (χ1v) is 10.1. The van der Waals surface area contributed by atoms with Crippen molar-refractivity contribution in [2.45, 2.75) is 0 Å². The molecule has 3 aromatic rings. The average Bonchev–Trinajstić information content (AvgIpc) is 2.68. The van der Waals surface area contributed by atoms with Crippen molar-refractivity contribution in [2.24, 2.45) is 5.16 Å². The maximum absolute atomic E-state index is 9.51. The fraction of sp³-hybridized carbons (Fsp3) is 0.0500. The molecule has 0 heterocycles. The van der Waals surface area contributed by atoms with Crippen LogP contribution in [-0.2, 0) is 0 Å². The van der Waals surface area contributed by atoms with Gasteiger partial charge in [-0.3, -0.25) is 0 Å². The Morgan fingerprint density at radius 1 is 0.808 bits per heavy atom. The number of benzene rings is 3. The number of para-hydroxylation sites is 2. The zero-order valence-corrected chi connectivity index (χ0v) is 16.3.